The second kappa shape index (κ2) is 5.78. The maximum Gasteiger partial charge on any atom is 0.122 e. The zero-order valence-electron chi connectivity index (χ0n) is 9.32. The molecule has 0 aliphatic heterocycles. The summed E-state index contributed by atoms with van der Waals surface area (Å²) in [5, 5.41) is 3.14. The van der Waals surface area contributed by atoms with Crippen LogP contribution in [0.3, 0.4) is 0 Å². The topological polar surface area (TPSA) is 33.1 Å². The fourth-order valence-corrected chi connectivity index (χ4v) is 1.40. The minimum absolute atomic E-state index is 0.919. The van der Waals surface area contributed by atoms with Crippen LogP contribution < -0.4 is 5.32 Å². The molecule has 0 atom stereocenters. The van der Waals surface area contributed by atoms with Gasteiger partial charge in [-0.2, -0.15) is 0 Å². The van der Waals surface area contributed by atoms with Gasteiger partial charge in [-0.15, -0.1) is 0 Å². The molecule has 0 fully saturated rings. The Labute approximate surface area is 85.9 Å². The molecular formula is C10H20N4. The summed E-state index contributed by atoms with van der Waals surface area (Å²) >= 11 is 0. The van der Waals surface area contributed by atoms with E-state index in [0.29, 0.717) is 0 Å². The maximum absolute atomic E-state index is 4.34. The normalized spacial score (nSPS) is 11.1. The molecule has 4 nitrogen and oxygen atoms in total. The summed E-state index contributed by atoms with van der Waals surface area (Å²) in [6, 6.07) is 0. The molecule has 0 spiro atoms. The molecule has 0 saturated carbocycles. The first kappa shape index (κ1) is 11.2. The summed E-state index contributed by atoms with van der Waals surface area (Å²) in [5.74, 6) is 1.14. The predicted octanol–water partition coefficient (Wildman–Crippen LogP) is 0.554. The molecule has 4 heteroatoms. The number of nitrogens with one attached hydrogen (secondary N) is 1. The van der Waals surface area contributed by atoms with Crippen LogP contribution in [0.2, 0.25) is 0 Å². The van der Waals surface area contributed by atoms with Gasteiger partial charge in [-0.3, -0.25) is 4.90 Å². The largest absolute Gasteiger partial charge is 0.334 e. The fraction of sp³-hybridized carbons (Fsp3) is 0.700. The average molecular weight is 196 g/mol. The average Bonchev–Trinajstić information content (AvgIpc) is 2.62. The van der Waals surface area contributed by atoms with Crippen molar-refractivity contribution < 1.29 is 0 Å². The Morgan fingerprint density at radius 3 is 3.00 bits per heavy atom. The van der Waals surface area contributed by atoms with Gasteiger partial charge in [0.05, 0.1) is 6.54 Å². The fourth-order valence-electron chi connectivity index (χ4n) is 1.40. The van der Waals surface area contributed by atoms with Crippen molar-refractivity contribution in [3.05, 3.63) is 18.2 Å². The molecule has 0 saturated heterocycles. The van der Waals surface area contributed by atoms with Gasteiger partial charge in [0, 0.05) is 32.0 Å². The lowest BCUT2D eigenvalue weighted by atomic mass is 10.4. The van der Waals surface area contributed by atoms with Crippen molar-refractivity contribution in [1.29, 1.82) is 0 Å². The van der Waals surface area contributed by atoms with Crippen molar-refractivity contribution in [2.45, 2.75) is 20.0 Å². The molecule has 80 valence electrons. The van der Waals surface area contributed by atoms with Crippen LogP contribution in [-0.2, 0) is 13.1 Å². The lowest BCUT2D eigenvalue weighted by Gasteiger charge is -2.16. The van der Waals surface area contributed by atoms with E-state index in [4.69, 9.17) is 0 Å². The van der Waals surface area contributed by atoms with Crippen molar-refractivity contribution in [1.82, 2.24) is 19.8 Å². The van der Waals surface area contributed by atoms with E-state index in [-0.39, 0.29) is 0 Å². The minimum Gasteiger partial charge on any atom is -0.334 e. The van der Waals surface area contributed by atoms with Crippen LogP contribution >= 0.6 is 0 Å². The van der Waals surface area contributed by atoms with E-state index in [2.05, 4.69) is 33.7 Å². The molecule has 1 aromatic rings. The predicted molar refractivity (Wildman–Crippen MR) is 58.2 cm³/mol. The summed E-state index contributed by atoms with van der Waals surface area (Å²) in [5.41, 5.74) is 0. The number of imidazole rings is 1. The van der Waals surface area contributed by atoms with Crippen LogP contribution in [0.1, 0.15) is 12.7 Å². The third kappa shape index (κ3) is 3.12. The number of aryl methyl sites for hydroxylation is 1. The molecule has 0 amide bonds. The van der Waals surface area contributed by atoms with Gasteiger partial charge in [0.2, 0.25) is 0 Å². The van der Waals surface area contributed by atoms with E-state index in [1.54, 1.807) is 0 Å². The van der Waals surface area contributed by atoms with Gasteiger partial charge >= 0.3 is 0 Å². The second-order valence-electron chi connectivity index (χ2n) is 3.47. The van der Waals surface area contributed by atoms with Crippen LogP contribution in [0.4, 0.5) is 0 Å². The zero-order valence-corrected chi connectivity index (χ0v) is 9.32. The van der Waals surface area contributed by atoms with Crippen LogP contribution in [0.5, 0.6) is 0 Å². The molecule has 0 aliphatic rings. The Bertz CT molecular complexity index is 256. The highest BCUT2D eigenvalue weighted by Gasteiger charge is 2.04. The van der Waals surface area contributed by atoms with Crippen molar-refractivity contribution in [2.24, 2.45) is 0 Å². The summed E-state index contributed by atoms with van der Waals surface area (Å²) in [6.45, 7) is 6.12. The highest BCUT2D eigenvalue weighted by atomic mass is 15.2. The molecule has 0 bridgehead atoms. The SMILES string of the molecule is CCn1ccnc1CN(C)CCNC. The Kier molecular flexibility index (Phi) is 4.62. The van der Waals surface area contributed by atoms with Crippen molar-refractivity contribution in [3.8, 4) is 0 Å². The quantitative estimate of drug-likeness (QED) is 0.721. The molecule has 1 N–H and O–H groups in total. The highest BCUT2D eigenvalue weighted by molar-refractivity contribution is 4.91. The minimum atomic E-state index is 0.919. The third-order valence-electron chi connectivity index (χ3n) is 2.30. The zero-order chi connectivity index (χ0) is 10.4. The number of aromatic nitrogens is 2. The molecular weight excluding hydrogens is 176 g/mol. The summed E-state index contributed by atoms with van der Waals surface area (Å²) < 4.78 is 2.18. The van der Waals surface area contributed by atoms with E-state index in [1.165, 1.54) is 0 Å². The van der Waals surface area contributed by atoms with E-state index in [1.807, 2.05) is 19.4 Å². The molecule has 1 rings (SSSR count). The van der Waals surface area contributed by atoms with Crippen molar-refractivity contribution in [3.63, 3.8) is 0 Å². The standard InChI is InChI=1S/C10H20N4/c1-4-14-8-6-12-10(14)9-13(3)7-5-11-2/h6,8,11H,4-5,7,9H2,1-3H3. The highest BCUT2D eigenvalue weighted by Crippen LogP contribution is 2.00. The van der Waals surface area contributed by atoms with Crippen LogP contribution in [0.15, 0.2) is 12.4 Å². The summed E-state index contributed by atoms with van der Waals surface area (Å²) in [4.78, 5) is 6.60. The second-order valence-corrected chi connectivity index (χ2v) is 3.47. The van der Waals surface area contributed by atoms with Gasteiger partial charge in [0.15, 0.2) is 0 Å². The van der Waals surface area contributed by atoms with Crippen LogP contribution in [0, 0.1) is 0 Å². The van der Waals surface area contributed by atoms with Crippen molar-refractivity contribution in [2.75, 3.05) is 27.2 Å². The maximum atomic E-state index is 4.34. The van der Waals surface area contributed by atoms with Gasteiger partial charge in [-0.25, -0.2) is 4.98 Å². The van der Waals surface area contributed by atoms with Crippen molar-refractivity contribution >= 4 is 0 Å². The molecule has 14 heavy (non-hydrogen) atoms. The summed E-state index contributed by atoms with van der Waals surface area (Å²) in [7, 11) is 4.09. The van der Waals surface area contributed by atoms with Crippen LogP contribution in [0.25, 0.3) is 0 Å². The Balaban J connectivity index is 2.42. The van der Waals surface area contributed by atoms with E-state index in [9.17, 15) is 0 Å². The van der Waals surface area contributed by atoms with Gasteiger partial charge in [-0.05, 0) is 21.0 Å². The van der Waals surface area contributed by atoms with Gasteiger partial charge in [0.25, 0.3) is 0 Å². The monoisotopic (exact) mass is 196 g/mol. The Morgan fingerprint density at radius 1 is 1.57 bits per heavy atom. The number of nitrogens with zero attached hydrogens (tertiary/aromatic N) is 3. The van der Waals surface area contributed by atoms with E-state index < -0.39 is 0 Å². The molecule has 1 aromatic heterocycles. The Hall–Kier alpha value is -0.870. The first-order valence-electron chi connectivity index (χ1n) is 5.11. The molecule has 0 radical (unpaired) electrons. The first-order chi connectivity index (χ1) is 6.77. The smallest absolute Gasteiger partial charge is 0.122 e. The number of rotatable bonds is 6. The molecule has 0 aliphatic carbocycles. The lowest BCUT2D eigenvalue weighted by molar-refractivity contribution is 0.314. The van der Waals surface area contributed by atoms with Gasteiger partial charge < -0.3 is 9.88 Å². The van der Waals surface area contributed by atoms with Crippen LogP contribution in [-0.4, -0.2) is 41.6 Å². The van der Waals surface area contributed by atoms with E-state index >= 15 is 0 Å². The van der Waals surface area contributed by atoms with Gasteiger partial charge in [-0.1, -0.05) is 0 Å². The van der Waals surface area contributed by atoms with E-state index in [0.717, 1.165) is 32.0 Å². The molecule has 1 heterocycles. The summed E-state index contributed by atoms with van der Waals surface area (Å²) in [6.07, 6.45) is 3.89. The lowest BCUT2D eigenvalue weighted by Crippen LogP contribution is -2.28. The Morgan fingerprint density at radius 2 is 2.36 bits per heavy atom. The van der Waals surface area contributed by atoms with Gasteiger partial charge in [0.1, 0.15) is 5.82 Å². The molecule has 0 aromatic carbocycles. The number of hydrogen-bond donors (Lipinski definition) is 1. The first-order valence-corrected chi connectivity index (χ1v) is 5.11. The number of hydrogen-bond acceptors (Lipinski definition) is 3. The molecule has 0 unspecified atom stereocenters. The number of likely N-dealkylation sites (N-methyl/N-ethyl adjacent to an activating group) is 2. The third-order valence-corrected chi connectivity index (χ3v) is 2.30.